The summed E-state index contributed by atoms with van der Waals surface area (Å²) in [6.07, 6.45) is 7.26. The van der Waals surface area contributed by atoms with E-state index in [9.17, 15) is 9.59 Å². The van der Waals surface area contributed by atoms with Gasteiger partial charge in [0.25, 0.3) is 11.5 Å². The van der Waals surface area contributed by atoms with E-state index in [4.69, 9.17) is 0 Å². The van der Waals surface area contributed by atoms with Gasteiger partial charge in [0.05, 0.1) is 11.4 Å². The summed E-state index contributed by atoms with van der Waals surface area (Å²) >= 11 is 0. The van der Waals surface area contributed by atoms with E-state index in [-0.39, 0.29) is 17.5 Å². The summed E-state index contributed by atoms with van der Waals surface area (Å²) in [7, 11) is 0. The van der Waals surface area contributed by atoms with Crippen LogP contribution in [0.2, 0.25) is 0 Å². The number of nitrogens with one attached hydrogen (secondary N) is 2. The van der Waals surface area contributed by atoms with Crippen molar-refractivity contribution in [1.29, 1.82) is 0 Å². The van der Waals surface area contributed by atoms with Crippen LogP contribution in [0.5, 0.6) is 0 Å². The number of carbonyl (C=O) groups excluding carboxylic acids is 1. The number of nitrogens with zero attached hydrogens (tertiary/aromatic N) is 1. The van der Waals surface area contributed by atoms with Crippen molar-refractivity contribution in [2.45, 2.75) is 52.0 Å². The summed E-state index contributed by atoms with van der Waals surface area (Å²) < 4.78 is 0. The molecule has 0 spiro atoms. The average molecular weight is 327 g/mol. The molecule has 0 aliphatic rings. The van der Waals surface area contributed by atoms with E-state index in [1.165, 1.54) is 19.3 Å². The van der Waals surface area contributed by atoms with Crippen LogP contribution in [-0.4, -0.2) is 21.9 Å². The number of rotatable bonds is 8. The van der Waals surface area contributed by atoms with Crippen molar-refractivity contribution in [1.82, 2.24) is 15.3 Å². The van der Waals surface area contributed by atoms with Crippen LogP contribution in [0.15, 0.2) is 41.3 Å². The van der Waals surface area contributed by atoms with Gasteiger partial charge >= 0.3 is 0 Å². The molecule has 0 aliphatic carbocycles. The zero-order valence-corrected chi connectivity index (χ0v) is 14.3. The summed E-state index contributed by atoms with van der Waals surface area (Å²) in [6.45, 7) is 4.15. The van der Waals surface area contributed by atoms with Crippen molar-refractivity contribution in [2.24, 2.45) is 0 Å². The predicted octanol–water partition coefficient (Wildman–Crippen LogP) is 3.53. The summed E-state index contributed by atoms with van der Waals surface area (Å²) in [4.78, 5) is 31.4. The van der Waals surface area contributed by atoms with Crippen molar-refractivity contribution in [2.75, 3.05) is 0 Å². The summed E-state index contributed by atoms with van der Waals surface area (Å²) in [5.74, 6) is -0.327. The van der Waals surface area contributed by atoms with E-state index in [0.29, 0.717) is 11.4 Å². The maximum atomic E-state index is 12.3. The molecule has 0 aromatic carbocycles. The van der Waals surface area contributed by atoms with Crippen LogP contribution >= 0.6 is 0 Å². The van der Waals surface area contributed by atoms with Gasteiger partial charge in [0, 0.05) is 12.2 Å². The first kappa shape index (κ1) is 17.9. The number of carbonyl (C=O) groups is 1. The molecular formula is C19H25N3O2. The van der Waals surface area contributed by atoms with Crippen molar-refractivity contribution < 1.29 is 4.79 Å². The molecule has 1 amide bonds. The maximum absolute atomic E-state index is 12.3. The zero-order valence-electron chi connectivity index (χ0n) is 14.3. The van der Waals surface area contributed by atoms with Crippen molar-refractivity contribution in [3.63, 3.8) is 0 Å². The lowest BCUT2D eigenvalue weighted by Crippen LogP contribution is -2.35. The smallest absolute Gasteiger partial charge is 0.261 e. The molecule has 1 atom stereocenters. The minimum atomic E-state index is -0.395. The minimum absolute atomic E-state index is 0.0595. The number of aromatic nitrogens is 2. The number of H-pyrrole nitrogens is 1. The van der Waals surface area contributed by atoms with Gasteiger partial charge in [0.2, 0.25) is 0 Å². The van der Waals surface area contributed by atoms with E-state index in [2.05, 4.69) is 22.2 Å². The van der Waals surface area contributed by atoms with E-state index >= 15 is 0 Å². The van der Waals surface area contributed by atoms with Crippen LogP contribution in [0, 0.1) is 0 Å². The Bertz CT molecular complexity index is 710. The number of unbranched alkanes of at least 4 members (excludes halogenated alkanes) is 3. The first-order valence-electron chi connectivity index (χ1n) is 8.57. The Morgan fingerprint density at radius 1 is 1.21 bits per heavy atom. The van der Waals surface area contributed by atoms with Gasteiger partial charge in [-0.05, 0) is 37.6 Å². The number of aromatic amines is 1. The van der Waals surface area contributed by atoms with E-state index in [0.717, 1.165) is 12.8 Å². The Hall–Kier alpha value is -2.43. The van der Waals surface area contributed by atoms with Gasteiger partial charge < -0.3 is 10.3 Å². The van der Waals surface area contributed by atoms with Crippen LogP contribution < -0.4 is 10.9 Å². The highest BCUT2D eigenvalue weighted by Crippen LogP contribution is 2.12. The Morgan fingerprint density at radius 3 is 2.71 bits per heavy atom. The van der Waals surface area contributed by atoms with Crippen molar-refractivity contribution >= 4 is 5.91 Å². The molecule has 2 rings (SSSR count). The molecule has 5 heteroatoms. The Kier molecular flexibility index (Phi) is 6.73. The molecule has 0 fully saturated rings. The fourth-order valence-corrected chi connectivity index (χ4v) is 2.57. The monoisotopic (exact) mass is 327 g/mol. The van der Waals surface area contributed by atoms with Crippen LogP contribution in [0.25, 0.3) is 11.4 Å². The summed E-state index contributed by atoms with van der Waals surface area (Å²) in [5, 5.41) is 2.90. The Balaban J connectivity index is 1.99. The first-order valence-corrected chi connectivity index (χ1v) is 8.57. The molecule has 0 saturated heterocycles. The number of hydrogen-bond donors (Lipinski definition) is 2. The number of hydrogen-bond acceptors (Lipinski definition) is 3. The first-order chi connectivity index (χ1) is 11.6. The largest absolute Gasteiger partial charge is 0.349 e. The van der Waals surface area contributed by atoms with E-state index in [1.54, 1.807) is 18.3 Å². The van der Waals surface area contributed by atoms with Gasteiger partial charge in [0.15, 0.2) is 0 Å². The third kappa shape index (κ3) is 5.05. The third-order valence-corrected chi connectivity index (χ3v) is 3.96. The van der Waals surface area contributed by atoms with Crippen LogP contribution in [0.1, 0.15) is 56.3 Å². The third-order valence-electron chi connectivity index (χ3n) is 3.96. The highest BCUT2D eigenvalue weighted by molar-refractivity contribution is 5.94. The minimum Gasteiger partial charge on any atom is -0.349 e. The lowest BCUT2D eigenvalue weighted by molar-refractivity contribution is 0.0936. The van der Waals surface area contributed by atoms with Crippen molar-refractivity contribution in [3.8, 4) is 11.4 Å². The molecule has 2 heterocycles. The van der Waals surface area contributed by atoms with Gasteiger partial charge in [0.1, 0.15) is 5.56 Å². The van der Waals surface area contributed by atoms with Gasteiger partial charge in [-0.1, -0.05) is 38.7 Å². The second-order valence-corrected chi connectivity index (χ2v) is 6.05. The number of pyridine rings is 2. The summed E-state index contributed by atoms with van der Waals surface area (Å²) in [5.41, 5.74) is 1.01. The fourth-order valence-electron chi connectivity index (χ4n) is 2.57. The van der Waals surface area contributed by atoms with Crippen LogP contribution in [-0.2, 0) is 0 Å². The quantitative estimate of drug-likeness (QED) is 0.728. The maximum Gasteiger partial charge on any atom is 0.261 e. The molecule has 0 unspecified atom stereocenters. The van der Waals surface area contributed by atoms with Crippen LogP contribution in [0.3, 0.4) is 0 Å². The van der Waals surface area contributed by atoms with Gasteiger partial charge in [-0.15, -0.1) is 0 Å². The van der Waals surface area contributed by atoms with Crippen molar-refractivity contribution in [3.05, 3.63) is 52.4 Å². The molecule has 128 valence electrons. The van der Waals surface area contributed by atoms with Crippen LogP contribution in [0.4, 0.5) is 0 Å². The molecule has 0 saturated carbocycles. The number of amides is 1. The molecule has 2 aromatic heterocycles. The Labute approximate surface area is 142 Å². The molecule has 0 radical (unpaired) electrons. The second kappa shape index (κ2) is 9.01. The molecule has 2 N–H and O–H groups in total. The van der Waals surface area contributed by atoms with E-state index < -0.39 is 5.56 Å². The average Bonchev–Trinajstić information content (AvgIpc) is 2.59. The molecule has 0 bridgehead atoms. The standard InChI is InChI=1S/C19H25N3O2/c1-3-4-5-6-9-14(2)21-18(23)15-11-12-17(22-19(15)24)16-10-7-8-13-20-16/h7-8,10-14H,3-6,9H2,1-2H3,(H,21,23)(H,22,24)/t14-/m0/s1. The lowest BCUT2D eigenvalue weighted by Gasteiger charge is -2.13. The Morgan fingerprint density at radius 2 is 2.04 bits per heavy atom. The molecule has 2 aromatic rings. The molecule has 5 nitrogen and oxygen atoms in total. The SMILES string of the molecule is CCCCCC[C@H](C)NC(=O)c1ccc(-c2ccccn2)[nH]c1=O. The van der Waals surface area contributed by atoms with Gasteiger partial charge in [-0.2, -0.15) is 0 Å². The summed E-state index contributed by atoms with van der Waals surface area (Å²) in [6, 6.07) is 8.80. The zero-order chi connectivity index (χ0) is 17.4. The second-order valence-electron chi connectivity index (χ2n) is 6.05. The topological polar surface area (TPSA) is 74.8 Å². The molecule has 24 heavy (non-hydrogen) atoms. The normalized spacial score (nSPS) is 11.9. The highest BCUT2D eigenvalue weighted by atomic mass is 16.2. The van der Waals surface area contributed by atoms with Gasteiger partial charge in [-0.25, -0.2) is 0 Å². The molecule has 0 aliphatic heterocycles. The highest BCUT2D eigenvalue weighted by Gasteiger charge is 2.14. The predicted molar refractivity (Wildman–Crippen MR) is 96.0 cm³/mol. The molecular weight excluding hydrogens is 302 g/mol. The van der Waals surface area contributed by atoms with Gasteiger partial charge in [-0.3, -0.25) is 14.6 Å². The fraction of sp³-hybridized carbons (Fsp3) is 0.421. The van der Waals surface area contributed by atoms with E-state index in [1.807, 2.05) is 25.1 Å². The lowest BCUT2D eigenvalue weighted by atomic mass is 10.1.